The molecule has 2 aromatic rings. The van der Waals surface area contributed by atoms with Crippen molar-refractivity contribution in [1.82, 2.24) is 0 Å². The van der Waals surface area contributed by atoms with E-state index in [0.29, 0.717) is 24.3 Å². The molecule has 154 valence electrons. The van der Waals surface area contributed by atoms with Gasteiger partial charge in [-0.15, -0.1) is 0 Å². The van der Waals surface area contributed by atoms with Gasteiger partial charge in [-0.3, -0.25) is 9.59 Å². The summed E-state index contributed by atoms with van der Waals surface area (Å²) < 4.78 is 5.78. The van der Waals surface area contributed by atoms with E-state index in [9.17, 15) is 9.59 Å². The lowest BCUT2D eigenvalue weighted by molar-refractivity contribution is -0.125. The molecule has 5 heteroatoms. The van der Waals surface area contributed by atoms with E-state index in [-0.39, 0.29) is 29.8 Å². The molecule has 1 fully saturated rings. The number of amides is 2. The van der Waals surface area contributed by atoms with Crippen molar-refractivity contribution in [3.8, 4) is 5.75 Å². The molecule has 1 aliphatic rings. The molecule has 0 spiro atoms. The molecule has 0 atom stereocenters. The Bertz CT molecular complexity index is 855. The minimum atomic E-state index is -0.0786. The number of rotatable bonds is 6. The summed E-state index contributed by atoms with van der Waals surface area (Å²) in [7, 11) is 0. The predicted octanol–water partition coefficient (Wildman–Crippen LogP) is 5.17. The fraction of sp³-hybridized carbons (Fsp3) is 0.417. The molecule has 5 nitrogen and oxygen atoms in total. The summed E-state index contributed by atoms with van der Waals surface area (Å²) in [5.74, 6) is 0.607. The van der Waals surface area contributed by atoms with Gasteiger partial charge in [0.1, 0.15) is 5.75 Å². The second-order valence-electron chi connectivity index (χ2n) is 8.06. The minimum absolute atomic E-state index is 0.00217. The monoisotopic (exact) mass is 394 g/mol. The standard InChI is InChI=1S/C24H30N2O3/c1-16(2)29-22-10-5-4-9-21(22)26-24(28)19-13-11-18(12-14-19)23(27)25-20-8-6-7-17(3)15-20/h4-10,15-16,18-19H,11-14H2,1-3H3,(H,25,27)(H,26,28). The third kappa shape index (κ3) is 5.83. The van der Waals surface area contributed by atoms with Crippen LogP contribution < -0.4 is 15.4 Å². The second kappa shape index (κ2) is 9.59. The number of carbonyl (C=O) groups excluding carboxylic acids is 2. The van der Waals surface area contributed by atoms with Crippen molar-refractivity contribution in [2.45, 2.75) is 52.6 Å². The molecule has 0 aliphatic heterocycles. The Labute approximate surface area is 172 Å². The number of benzene rings is 2. The highest BCUT2D eigenvalue weighted by Crippen LogP contribution is 2.32. The number of ether oxygens (including phenoxy) is 1. The summed E-state index contributed by atoms with van der Waals surface area (Å²) >= 11 is 0. The number of hydrogen-bond donors (Lipinski definition) is 2. The summed E-state index contributed by atoms with van der Waals surface area (Å²) in [5.41, 5.74) is 2.65. The maximum Gasteiger partial charge on any atom is 0.227 e. The van der Waals surface area contributed by atoms with Crippen LogP contribution in [0.4, 0.5) is 11.4 Å². The average molecular weight is 395 g/mol. The van der Waals surface area contributed by atoms with Gasteiger partial charge in [-0.05, 0) is 76.3 Å². The van der Waals surface area contributed by atoms with E-state index in [0.717, 1.165) is 24.1 Å². The third-order valence-electron chi connectivity index (χ3n) is 5.26. The zero-order valence-corrected chi connectivity index (χ0v) is 17.4. The van der Waals surface area contributed by atoms with Crippen molar-refractivity contribution < 1.29 is 14.3 Å². The van der Waals surface area contributed by atoms with Crippen LogP contribution in [0.5, 0.6) is 5.75 Å². The van der Waals surface area contributed by atoms with E-state index in [1.807, 2.05) is 69.3 Å². The molecule has 0 unspecified atom stereocenters. The number of nitrogens with one attached hydrogen (secondary N) is 2. The van der Waals surface area contributed by atoms with Crippen LogP contribution in [0.15, 0.2) is 48.5 Å². The van der Waals surface area contributed by atoms with Gasteiger partial charge in [0, 0.05) is 17.5 Å². The number of anilines is 2. The van der Waals surface area contributed by atoms with Gasteiger partial charge in [0.15, 0.2) is 0 Å². The van der Waals surface area contributed by atoms with Gasteiger partial charge in [-0.25, -0.2) is 0 Å². The molecule has 29 heavy (non-hydrogen) atoms. The van der Waals surface area contributed by atoms with Gasteiger partial charge in [-0.1, -0.05) is 24.3 Å². The van der Waals surface area contributed by atoms with E-state index in [1.54, 1.807) is 0 Å². The highest BCUT2D eigenvalue weighted by atomic mass is 16.5. The maximum atomic E-state index is 12.7. The van der Waals surface area contributed by atoms with Crippen molar-refractivity contribution in [3.05, 3.63) is 54.1 Å². The van der Waals surface area contributed by atoms with Crippen LogP contribution in [0.25, 0.3) is 0 Å². The Hall–Kier alpha value is -2.82. The van der Waals surface area contributed by atoms with E-state index in [1.165, 1.54) is 0 Å². The first-order valence-electron chi connectivity index (χ1n) is 10.4. The van der Waals surface area contributed by atoms with E-state index < -0.39 is 0 Å². The van der Waals surface area contributed by atoms with Crippen LogP contribution >= 0.6 is 0 Å². The molecule has 1 saturated carbocycles. The highest BCUT2D eigenvalue weighted by Gasteiger charge is 2.30. The third-order valence-corrected chi connectivity index (χ3v) is 5.26. The Morgan fingerprint density at radius 2 is 1.52 bits per heavy atom. The summed E-state index contributed by atoms with van der Waals surface area (Å²) in [6.45, 7) is 5.92. The van der Waals surface area contributed by atoms with Crippen molar-refractivity contribution in [2.24, 2.45) is 11.8 Å². The lowest BCUT2D eigenvalue weighted by Crippen LogP contribution is -2.32. The minimum Gasteiger partial charge on any atom is -0.489 e. The van der Waals surface area contributed by atoms with Gasteiger partial charge >= 0.3 is 0 Å². The lowest BCUT2D eigenvalue weighted by atomic mass is 9.81. The van der Waals surface area contributed by atoms with Gasteiger partial charge in [0.05, 0.1) is 11.8 Å². The van der Waals surface area contributed by atoms with Crippen molar-refractivity contribution in [1.29, 1.82) is 0 Å². The van der Waals surface area contributed by atoms with Crippen LogP contribution in [-0.4, -0.2) is 17.9 Å². The van der Waals surface area contributed by atoms with Crippen LogP contribution in [-0.2, 0) is 9.59 Å². The van der Waals surface area contributed by atoms with Crippen LogP contribution in [0.1, 0.15) is 45.1 Å². The zero-order valence-electron chi connectivity index (χ0n) is 17.4. The molecule has 0 bridgehead atoms. The first-order chi connectivity index (χ1) is 13.9. The Morgan fingerprint density at radius 3 is 2.14 bits per heavy atom. The van der Waals surface area contributed by atoms with E-state index in [4.69, 9.17) is 4.74 Å². The smallest absolute Gasteiger partial charge is 0.227 e. The van der Waals surface area contributed by atoms with E-state index >= 15 is 0 Å². The first kappa shape index (κ1) is 20.9. The topological polar surface area (TPSA) is 67.4 Å². The number of para-hydroxylation sites is 2. The summed E-state index contributed by atoms with van der Waals surface area (Å²) in [5, 5.41) is 6.02. The molecule has 2 N–H and O–H groups in total. The largest absolute Gasteiger partial charge is 0.489 e. The summed E-state index contributed by atoms with van der Waals surface area (Å²) in [6, 6.07) is 15.3. The Balaban J connectivity index is 1.53. The van der Waals surface area contributed by atoms with Crippen LogP contribution in [0.2, 0.25) is 0 Å². The number of carbonyl (C=O) groups is 2. The molecule has 1 aliphatic carbocycles. The molecule has 2 aromatic carbocycles. The van der Waals surface area contributed by atoms with Gasteiger partial charge in [-0.2, -0.15) is 0 Å². The number of aryl methyl sites for hydroxylation is 1. The fourth-order valence-corrected chi connectivity index (χ4v) is 3.75. The van der Waals surface area contributed by atoms with E-state index in [2.05, 4.69) is 10.6 Å². The fourth-order valence-electron chi connectivity index (χ4n) is 3.75. The number of hydrogen-bond acceptors (Lipinski definition) is 3. The molecule has 3 rings (SSSR count). The normalized spacial score (nSPS) is 18.9. The first-order valence-corrected chi connectivity index (χ1v) is 10.4. The van der Waals surface area contributed by atoms with Gasteiger partial charge < -0.3 is 15.4 Å². The molecule has 0 aromatic heterocycles. The quantitative estimate of drug-likeness (QED) is 0.711. The Kier molecular flexibility index (Phi) is 6.91. The lowest BCUT2D eigenvalue weighted by Gasteiger charge is -2.27. The summed E-state index contributed by atoms with van der Waals surface area (Å²) in [4.78, 5) is 25.3. The van der Waals surface area contributed by atoms with Crippen molar-refractivity contribution >= 4 is 23.2 Å². The average Bonchev–Trinajstić information content (AvgIpc) is 2.69. The zero-order chi connectivity index (χ0) is 20.8. The highest BCUT2D eigenvalue weighted by molar-refractivity contribution is 5.95. The maximum absolute atomic E-state index is 12.7. The predicted molar refractivity (Wildman–Crippen MR) is 116 cm³/mol. The molecular weight excluding hydrogens is 364 g/mol. The van der Waals surface area contributed by atoms with Crippen LogP contribution in [0.3, 0.4) is 0 Å². The molecule has 0 saturated heterocycles. The molecule has 0 radical (unpaired) electrons. The van der Waals surface area contributed by atoms with Crippen molar-refractivity contribution in [2.75, 3.05) is 10.6 Å². The molecule has 2 amide bonds. The second-order valence-corrected chi connectivity index (χ2v) is 8.06. The molecule has 0 heterocycles. The van der Waals surface area contributed by atoms with Crippen molar-refractivity contribution in [3.63, 3.8) is 0 Å². The van der Waals surface area contributed by atoms with Crippen LogP contribution in [0, 0.1) is 18.8 Å². The summed E-state index contributed by atoms with van der Waals surface area (Å²) in [6.07, 6.45) is 2.91. The SMILES string of the molecule is Cc1cccc(NC(=O)C2CCC(C(=O)Nc3ccccc3OC(C)C)CC2)c1. The Morgan fingerprint density at radius 1 is 0.897 bits per heavy atom. The van der Waals surface area contributed by atoms with Gasteiger partial charge in [0.2, 0.25) is 11.8 Å². The molecular formula is C24H30N2O3. The van der Waals surface area contributed by atoms with Gasteiger partial charge in [0.25, 0.3) is 0 Å².